The van der Waals surface area contributed by atoms with E-state index < -0.39 is 67.3 Å². The van der Waals surface area contributed by atoms with Crippen LogP contribution in [-0.4, -0.2) is 89.2 Å². The van der Waals surface area contributed by atoms with Crippen LogP contribution in [0.25, 0.3) is 0 Å². The second-order valence-corrected chi connectivity index (χ2v) is 19.1. The second kappa shape index (κ2) is 53.0. The van der Waals surface area contributed by atoms with Gasteiger partial charge in [0, 0.05) is 12.8 Å². The SMILES string of the molecule is CC/C=C\C/C=C\C/C=C\C/C=C\C/C=C\CC(=O)OC(COC(=O)CCCCCC/C=C\C/C=C\C/C=C\C/C=C\CC)COC1OC(C(=O)O)C(O)C(O)C1OC(=O)CCCCCC/C=C\C/C=C\C/C=C\C/C=C\CC. The largest absolute Gasteiger partial charge is 0.479 e. The van der Waals surface area contributed by atoms with Crippen molar-refractivity contribution < 1.29 is 58.2 Å². The summed E-state index contributed by atoms with van der Waals surface area (Å²) in [6.45, 7) is 5.51. The number of hydrogen-bond donors (Lipinski definition) is 3. The molecule has 1 aliphatic rings. The Balaban J connectivity index is 2.79. The van der Waals surface area contributed by atoms with Crippen molar-refractivity contribution in [3.63, 3.8) is 0 Å². The fourth-order valence-electron chi connectivity index (χ4n) is 7.72. The van der Waals surface area contributed by atoms with Gasteiger partial charge in [-0.1, -0.05) is 204 Å². The monoisotopic (exact) mass is 1100 g/mol. The molecule has 0 aromatic carbocycles. The van der Waals surface area contributed by atoms with Crippen LogP contribution in [0.2, 0.25) is 0 Å². The number of aliphatic hydroxyl groups excluding tert-OH is 2. The van der Waals surface area contributed by atoms with E-state index in [2.05, 4.69) is 154 Å². The fourth-order valence-corrected chi connectivity index (χ4v) is 7.72. The number of esters is 3. The number of rotatable bonds is 47. The zero-order valence-corrected chi connectivity index (χ0v) is 48.3. The highest BCUT2D eigenvalue weighted by atomic mass is 16.7. The van der Waals surface area contributed by atoms with E-state index in [1.807, 2.05) is 18.2 Å². The number of aliphatic hydroxyl groups is 2. The Bertz CT molecular complexity index is 1980. The summed E-state index contributed by atoms with van der Waals surface area (Å²) in [5, 5.41) is 31.5. The molecule has 0 radical (unpaired) electrons. The first kappa shape index (κ1) is 71.4. The van der Waals surface area contributed by atoms with Crippen LogP contribution < -0.4 is 0 Å². The van der Waals surface area contributed by atoms with Gasteiger partial charge in [-0.15, -0.1) is 0 Å². The normalized spacial score (nSPS) is 19.0. The third-order valence-electron chi connectivity index (χ3n) is 12.1. The lowest BCUT2D eigenvalue weighted by atomic mass is 9.98. The van der Waals surface area contributed by atoms with Crippen molar-refractivity contribution in [3.8, 4) is 0 Å². The quantitative estimate of drug-likeness (QED) is 0.0228. The Labute approximate surface area is 475 Å². The molecule has 3 N–H and O–H groups in total. The summed E-state index contributed by atoms with van der Waals surface area (Å²) >= 11 is 0. The molecule has 12 nitrogen and oxygen atoms in total. The number of ether oxygens (including phenoxy) is 5. The third-order valence-corrected chi connectivity index (χ3v) is 12.1. The second-order valence-electron chi connectivity index (χ2n) is 19.1. The first-order chi connectivity index (χ1) is 38.6. The minimum Gasteiger partial charge on any atom is -0.479 e. The number of allylic oxidation sites excluding steroid dienone is 25. The van der Waals surface area contributed by atoms with Crippen molar-refractivity contribution in [2.45, 2.75) is 225 Å². The maximum atomic E-state index is 13.1. The molecule has 440 valence electrons. The van der Waals surface area contributed by atoms with Crippen LogP contribution in [0, 0.1) is 0 Å². The molecule has 0 aliphatic carbocycles. The van der Waals surface area contributed by atoms with Gasteiger partial charge in [0.2, 0.25) is 0 Å². The highest BCUT2D eigenvalue weighted by Gasteiger charge is 2.50. The summed E-state index contributed by atoms with van der Waals surface area (Å²) in [6, 6.07) is 0. The Kier molecular flexibility index (Phi) is 47.9. The van der Waals surface area contributed by atoms with Crippen LogP contribution in [0.3, 0.4) is 0 Å². The van der Waals surface area contributed by atoms with Crippen molar-refractivity contribution in [2.24, 2.45) is 0 Å². The van der Waals surface area contributed by atoms with Crippen molar-refractivity contribution in [1.29, 1.82) is 0 Å². The smallest absolute Gasteiger partial charge is 0.335 e. The molecule has 1 heterocycles. The number of carbonyl (C=O) groups is 4. The summed E-state index contributed by atoms with van der Waals surface area (Å²) in [6.07, 6.45) is 65.2. The van der Waals surface area contributed by atoms with E-state index in [9.17, 15) is 34.5 Å². The topological polar surface area (TPSA) is 175 Å². The number of carboxylic acid groups (broad SMARTS) is 1. The Hall–Kier alpha value is -5.66. The molecule has 0 bridgehead atoms. The summed E-state index contributed by atoms with van der Waals surface area (Å²) in [7, 11) is 0. The first-order valence-electron chi connectivity index (χ1n) is 29.5. The van der Waals surface area contributed by atoms with E-state index in [1.54, 1.807) is 6.08 Å². The molecule has 6 unspecified atom stereocenters. The third kappa shape index (κ3) is 42.9. The van der Waals surface area contributed by atoms with E-state index >= 15 is 0 Å². The molecule has 0 spiro atoms. The van der Waals surface area contributed by atoms with Crippen LogP contribution in [0.4, 0.5) is 0 Å². The average molecular weight is 1100 g/mol. The summed E-state index contributed by atoms with van der Waals surface area (Å²) in [5.41, 5.74) is 0. The number of carboxylic acids is 1. The van der Waals surface area contributed by atoms with Gasteiger partial charge in [-0.3, -0.25) is 14.4 Å². The van der Waals surface area contributed by atoms with Crippen molar-refractivity contribution >= 4 is 23.9 Å². The maximum absolute atomic E-state index is 13.1. The van der Waals surface area contributed by atoms with Gasteiger partial charge in [0.25, 0.3) is 0 Å². The lowest BCUT2D eigenvalue weighted by molar-refractivity contribution is -0.301. The molecule has 79 heavy (non-hydrogen) atoms. The van der Waals surface area contributed by atoms with Gasteiger partial charge in [0.1, 0.15) is 18.8 Å². The Morgan fingerprint density at radius 1 is 0.430 bits per heavy atom. The Morgan fingerprint density at radius 2 is 0.797 bits per heavy atom. The van der Waals surface area contributed by atoms with E-state index in [0.29, 0.717) is 19.3 Å². The summed E-state index contributed by atoms with van der Waals surface area (Å²) < 4.78 is 28.2. The van der Waals surface area contributed by atoms with E-state index in [-0.39, 0.29) is 25.9 Å². The lowest BCUT2D eigenvalue weighted by Crippen LogP contribution is -2.61. The van der Waals surface area contributed by atoms with E-state index in [1.165, 1.54) is 0 Å². The van der Waals surface area contributed by atoms with Crippen molar-refractivity contribution in [2.75, 3.05) is 13.2 Å². The highest BCUT2D eigenvalue weighted by Crippen LogP contribution is 2.26. The minimum atomic E-state index is -1.94. The summed E-state index contributed by atoms with van der Waals surface area (Å²) in [4.78, 5) is 51.1. The first-order valence-corrected chi connectivity index (χ1v) is 29.5. The predicted molar refractivity (Wildman–Crippen MR) is 321 cm³/mol. The molecule has 1 saturated heterocycles. The van der Waals surface area contributed by atoms with Gasteiger partial charge in [-0.2, -0.15) is 0 Å². The van der Waals surface area contributed by atoms with Crippen LogP contribution in [-0.2, 0) is 42.9 Å². The predicted octanol–water partition coefficient (Wildman–Crippen LogP) is 15.3. The van der Waals surface area contributed by atoms with E-state index in [0.717, 1.165) is 128 Å². The summed E-state index contributed by atoms with van der Waals surface area (Å²) in [5.74, 6) is -3.38. The maximum Gasteiger partial charge on any atom is 0.335 e. The molecule has 0 aromatic rings. The van der Waals surface area contributed by atoms with Gasteiger partial charge < -0.3 is 39.0 Å². The Morgan fingerprint density at radius 3 is 1.20 bits per heavy atom. The van der Waals surface area contributed by atoms with Crippen LogP contribution in [0.15, 0.2) is 158 Å². The van der Waals surface area contributed by atoms with Crippen LogP contribution >= 0.6 is 0 Å². The number of carbonyl (C=O) groups excluding carboxylic acids is 3. The van der Waals surface area contributed by atoms with Gasteiger partial charge in [-0.25, -0.2) is 4.79 Å². The molecule has 1 rings (SSSR count). The number of unbranched alkanes of at least 4 members (excludes halogenated alkanes) is 8. The van der Waals surface area contributed by atoms with Gasteiger partial charge in [0.15, 0.2) is 24.6 Å². The lowest BCUT2D eigenvalue weighted by Gasteiger charge is -2.40. The molecule has 12 heteroatoms. The number of hydrogen-bond acceptors (Lipinski definition) is 11. The molecule has 0 amide bonds. The van der Waals surface area contributed by atoms with Crippen LogP contribution in [0.1, 0.15) is 188 Å². The molecular weight excluding hydrogens is 997 g/mol. The van der Waals surface area contributed by atoms with Crippen molar-refractivity contribution in [1.82, 2.24) is 0 Å². The van der Waals surface area contributed by atoms with Crippen molar-refractivity contribution in [3.05, 3.63) is 158 Å². The van der Waals surface area contributed by atoms with E-state index in [4.69, 9.17) is 23.7 Å². The van der Waals surface area contributed by atoms with Gasteiger partial charge in [0.05, 0.1) is 13.0 Å². The molecular formula is C67H100O12. The number of aliphatic carboxylic acids is 1. The molecule has 1 aliphatic heterocycles. The minimum absolute atomic E-state index is 0.00957. The average Bonchev–Trinajstić information content (AvgIpc) is 3.46. The van der Waals surface area contributed by atoms with Gasteiger partial charge in [-0.05, 0) is 122 Å². The van der Waals surface area contributed by atoms with Crippen LogP contribution in [0.5, 0.6) is 0 Å². The molecule has 0 saturated carbocycles. The zero-order chi connectivity index (χ0) is 57.5. The molecule has 1 fully saturated rings. The fraction of sp³-hybridized carbons (Fsp3) is 0.552. The zero-order valence-electron chi connectivity index (χ0n) is 48.3. The highest BCUT2D eigenvalue weighted by molar-refractivity contribution is 5.74. The standard InChI is InChI=1S/C67H100O12/c1-4-7-10-13-16-19-22-25-28-30-33-35-38-41-44-47-50-53-59(68)75-56-58(77-60(69)54-51-48-45-42-39-36-32-27-24-21-18-15-12-9-6-3)57-76-67-65(63(72)62(71)64(79-67)66(73)74)78-61(70)55-52-49-46-43-40-37-34-31-29-26-23-20-17-14-11-8-5-2/h7-12,16-21,25-29,32-35,37,39,42,48,51,58,62-65,67,71-72H,4-6,13-15,22-24,30-31,36,38,40-41,43-47,49-50,52-57H2,1-3H3,(H,73,74)/b10-7-,11-8-,12-9-,19-16-,20-17-,21-18-,28-25-,29-26-,32-27-,35-33-,37-34-,42-39-,51-48-. The molecule has 0 aromatic heterocycles. The molecule has 6 atom stereocenters. The van der Waals surface area contributed by atoms with Gasteiger partial charge >= 0.3 is 23.9 Å².